The van der Waals surface area contributed by atoms with Crippen molar-refractivity contribution in [2.45, 2.75) is 0 Å². The van der Waals surface area contributed by atoms with E-state index < -0.39 is 10.0 Å². The van der Waals surface area contributed by atoms with E-state index in [0.717, 1.165) is 15.5 Å². The second-order valence-corrected chi connectivity index (χ2v) is 7.20. The number of sulfonamides is 1. The molecule has 0 saturated heterocycles. The van der Waals surface area contributed by atoms with Crippen molar-refractivity contribution in [3.05, 3.63) is 54.6 Å². The van der Waals surface area contributed by atoms with Gasteiger partial charge in [0.05, 0.1) is 5.69 Å². The second kappa shape index (κ2) is 7.72. The third-order valence-electron chi connectivity index (χ3n) is 3.28. The van der Waals surface area contributed by atoms with Crippen LogP contribution in [0.4, 0.5) is 5.69 Å². The molecule has 0 spiro atoms. The molecule has 2 aromatic carbocycles. The molecule has 23 heavy (non-hydrogen) atoms. The van der Waals surface area contributed by atoms with E-state index in [0.29, 0.717) is 17.6 Å². The standard InChI is InChI=1S/C16H17BrN2O3S/c1-18(12-11-17)19(23(21,22)13-20)16-10-6-5-9-15(16)14-7-3-2-4-8-14/h2-10,13H,11-12H2,1H3. The molecule has 0 N–H and O–H groups in total. The molecule has 0 unspecified atom stereocenters. The van der Waals surface area contributed by atoms with Crippen LogP contribution in [0.25, 0.3) is 11.1 Å². The van der Waals surface area contributed by atoms with Crippen LogP contribution in [0.2, 0.25) is 0 Å². The number of anilines is 1. The Bertz CT molecular complexity index is 766. The van der Waals surface area contributed by atoms with Gasteiger partial charge in [-0.25, -0.2) is 5.01 Å². The van der Waals surface area contributed by atoms with Crippen LogP contribution in [0.5, 0.6) is 0 Å². The maximum atomic E-state index is 12.3. The summed E-state index contributed by atoms with van der Waals surface area (Å²) in [4.78, 5) is 11.1. The zero-order chi connectivity index (χ0) is 16.9. The van der Waals surface area contributed by atoms with Crippen molar-refractivity contribution in [3.63, 3.8) is 0 Å². The first kappa shape index (κ1) is 17.7. The summed E-state index contributed by atoms with van der Waals surface area (Å²) in [7, 11) is -2.48. The van der Waals surface area contributed by atoms with E-state index in [1.165, 1.54) is 5.01 Å². The van der Waals surface area contributed by atoms with Gasteiger partial charge >= 0.3 is 10.0 Å². The number of carbonyl (C=O) groups is 1. The maximum absolute atomic E-state index is 12.3. The summed E-state index contributed by atoms with van der Waals surface area (Å²) in [6.07, 6.45) is 0. The summed E-state index contributed by atoms with van der Waals surface area (Å²) in [5, 5.41) is 2.07. The lowest BCUT2D eigenvalue weighted by atomic mass is 10.0. The van der Waals surface area contributed by atoms with Crippen molar-refractivity contribution in [1.29, 1.82) is 0 Å². The molecule has 0 aromatic heterocycles. The van der Waals surface area contributed by atoms with Gasteiger partial charge in [-0.3, -0.25) is 4.79 Å². The minimum atomic E-state index is -4.11. The molecule has 7 heteroatoms. The third-order valence-corrected chi connectivity index (χ3v) is 4.83. The summed E-state index contributed by atoms with van der Waals surface area (Å²) in [6.45, 7) is 0.427. The smallest absolute Gasteiger partial charge is 0.283 e. The monoisotopic (exact) mass is 396 g/mol. The number of hydrazine groups is 1. The Kier molecular flexibility index (Phi) is 5.92. The fraction of sp³-hybridized carbons (Fsp3) is 0.188. The predicted octanol–water partition coefficient (Wildman–Crippen LogP) is 2.92. The largest absolute Gasteiger partial charge is 0.308 e. The second-order valence-electron chi connectivity index (χ2n) is 4.84. The van der Waals surface area contributed by atoms with Gasteiger partial charge in [0, 0.05) is 24.5 Å². The average molecular weight is 397 g/mol. The highest BCUT2D eigenvalue weighted by Gasteiger charge is 2.28. The first-order chi connectivity index (χ1) is 11.0. The Morgan fingerprint density at radius 2 is 1.65 bits per heavy atom. The van der Waals surface area contributed by atoms with Gasteiger partial charge in [-0.05, 0) is 11.6 Å². The SMILES string of the molecule is CN(CCBr)N(c1ccccc1-c1ccccc1)S(=O)(=O)C=O. The number of benzene rings is 2. The van der Waals surface area contributed by atoms with Crippen LogP contribution >= 0.6 is 15.9 Å². The summed E-state index contributed by atoms with van der Waals surface area (Å²) in [5.41, 5.74) is 2.02. The maximum Gasteiger partial charge on any atom is 0.308 e. The van der Waals surface area contributed by atoms with E-state index in [1.54, 1.807) is 19.2 Å². The Morgan fingerprint density at radius 1 is 1.04 bits per heavy atom. The van der Waals surface area contributed by atoms with Crippen LogP contribution < -0.4 is 4.41 Å². The Morgan fingerprint density at radius 3 is 2.26 bits per heavy atom. The lowest BCUT2D eigenvalue weighted by Crippen LogP contribution is -2.45. The van der Waals surface area contributed by atoms with Crippen LogP contribution in [-0.4, -0.2) is 38.0 Å². The molecular weight excluding hydrogens is 380 g/mol. The predicted molar refractivity (Wildman–Crippen MR) is 96.5 cm³/mol. The Balaban J connectivity index is 2.63. The van der Waals surface area contributed by atoms with Gasteiger partial charge in [0.15, 0.2) is 0 Å². The van der Waals surface area contributed by atoms with Gasteiger partial charge in [0.1, 0.15) is 0 Å². The Labute approximate surface area is 144 Å². The van der Waals surface area contributed by atoms with Gasteiger partial charge < -0.3 is 0 Å². The van der Waals surface area contributed by atoms with Crippen molar-refractivity contribution in [1.82, 2.24) is 5.01 Å². The molecule has 0 aliphatic rings. The molecule has 122 valence electrons. The third kappa shape index (κ3) is 3.99. The van der Waals surface area contributed by atoms with Gasteiger partial charge in [0.25, 0.3) is 5.62 Å². The quantitative estimate of drug-likeness (QED) is 0.410. The highest BCUT2D eigenvalue weighted by molar-refractivity contribution is 9.09. The number of halogens is 1. The molecule has 2 aromatic rings. The average Bonchev–Trinajstić information content (AvgIpc) is 2.56. The molecule has 0 heterocycles. The van der Waals surface area contributed by atoms with Crippen LogP contribution in [-0.2, 0) is 14.8 Å². The summed E-state index contributed by atoms with van der Waals surface area (Å²) >= 11 is 3.29. The molecule has 2 rings (SSSR count). The summed E-state index contributed by atoms with van der Waals surface area (Å²) < 4.78 is 25.6. The van der Waals surface area contributed by atoms with E-state index >= 15 is 0 Å². The van der Waals surface area contributed by atoms with Gasteiger partial charge in [-0.2, -0.15) is 12.8 Å². The molecule has 0 radical (unpaired) electrons. The van der Waals surface area contributed by atoms with Crippen molar-refractivity contribution in [3.8, 4) is 11.1 Å². The van der Waals surface area contributed by atoms with Crippen LogP contribution in [0.15, 0.2) is 54.6 Å². The van der Waals surface area contributed by atoms with Crippen molar-refractivity contribution < 1.29 is 13.2 Å². The van der Waals surface area contributed by atoms with Crippen LogP contribution in [0.1, 0.15) is 0 Å². The van der Waals surface area contributed by atoms with E-state index in [-0.39, 0.29) is 5.62 Å². The first-order valence-electron chi connectivity index (χ1n) is 6.93. The normalized spacial score (nSPS) is 11.4. The molecule has 5 nitrogen and oxygen atoms in total. The number of hydrogen-bond donors (Lipinski definition) is 0. The molecule has 0 aliphatic heterocycles. The van der Waals surface area contributed by atoms with Crippen molar-refractivity contribution in [2.75, 3.05) is 23.3 Å². The zero-order valence-corrected chi connectivity index (χ0v) is 15.0. The Hall–Kier alpha value is -1.70. The van der Waals surface area contributed by atoms with E-state index in [2.05, 4.69) is 15.9 Å². The number of hydrogen-bond acceptors (Lipinski definition) is 4. The van der Waals surface area contributed by atoms with Crippen LogP contribution in [0, 0.1) is 0 Å². The van der Waals surface area contributed by atoms with Crippen molar-refractivity contribution in [2.24, 2.45) is 0 Å². The lowest BCUT2D eigenvalue weighted by Gasteiger charge is -2.32. The summed E-state index contributed by atoms with van der Waals surface area (Å²) in [6, 6.07) is 16.6. The fourth-order valence-electron chi connectivity index (χ4n) is 2.27. The molecule has 0 saturated carbocycles. The molecular formula is C16H17BrN2O3S. The molecule has 0 amide bonds. The van der Waals surface area contributed by atoms with E-state index in [9.17, 15) is 13.2 Å². The van der Waals surface area contributed by atoms with Crippen LogP contribution in [0.3, 0.4) is 0 Å². The molecule has 0 fully saturated rings. The van der Waals surface area contributed by atoms with Gasteiger partial charge in [0.2, 0.25) is 0 Å². The van der Waals surface area contributed by atoms with E-state index in [4.69, 9.17) is 0 Å². The number of nitrogens with zero attached hydrogens (tertiary/aromatic N) is 2. The summed E-state index contributed by atoms with van der Waals surface area (Å²) in [5.74, 6) is 0. The van der Waals surface area contributed by atoms with E-state index in [1.807, 2.05) is 42.5 Å². The number of rotatable bonds is 7. The number of carbonyl (C=O) groups excluding carboxylic acids is 1. The topological polar surface area (TPSA) is 57.7 Å². The molecule has 0 bridgehead atoms. The number of para-hydroxylation sites is 1. The van der Waals surface area contributed by atoms with Crippen molar-refractivity contribution >= 4 is 37.3 Å². The lowest BCUT2D eigenvalue weighted by molar-refractivity contribution is 0.375. The van der Waals surface area contributed by atoms with Gasteiger partial charge in [-0.1, -0.05) is 64.5 Å². The molecule has 0 atom stereocenters. The first-order valence-corrected chi connectivity index (χ1v) is 9.55. The minimum absolute atomic E-state index is 0.0283. The fourth-order valence-corrected chi connectivity index (χ4v) is 3.77. The zero-order valence-electron chi connectivity index (χ0n) is 12.6. The van der Waals surface area contributed by atoms with Gasteiger partial charge in [-0.15, -0.1) is 0 Å². The number of alkyl halides is 1. The highest BCUT2D eigenvalue weighted by atomic mass is 79.9. The minimum Gasteiger partial charge on any atom is -0.283 e. The highest BCUT2D eigenvalue weighted by Crippen LogP contribution is 2.32. The molecule has 0 aliphatic carbocycles.